The first kappa shape index (κ1) is 51.3. The second kappa shape index (κ2) is 26.4. The number of halogens is 1. The molecule has 11 rings (SSSR count). The molecule has 0 atom stereocenters. The first-order valence-corrected chi connectivity index (χ1v) is 24.9. The number of anilines is 1. The fourth-order valence-corrected chi connectivity index (χ4v) is 10.1. The molecule has 0 radical (unpaired) electrons. The molecular formula is C57H67ClN6O4S. The van der Waals surface area contributed by atoms with Gasteiger partial charge in [-0.25, -0.2) is 0 Å². The lowest BCUT2D eigenvalue weighted by Gasteiger charge is -2.20. The molecule has 0 fully saturated rings. The van der Waals surface area contributed by atoms with Gasteiger partial charge in [-0.15, -0.1) is 31.5 Å². The number of ether oxygens (including phenoxy) is 4. The van der Waals surface area contributed by atoms with E-state index in [9.17, 15) is 0 Å². The fourth-order valence-electron chi connectivity index (χ4n) is 9.03. The number of hydrogen-bond acceptors (Lipinski definition) is 11. The van der Waals surface area contributed by atoms with E-state index in [0.29, 0.717) is 26.6 Å². The van der Waals surface area contributed by atoms with E-state index in [1.165, 1.54) is 66.2 Å². The molecule has 0 spiro atoms. The first-order valence-electron chi connectivity index (χ1n) is 23.6. The van der Waals surface area contributed by atoms with E-state index in [2.05, 4.69) is 132 Å². The van der Waals surface area contributed by atoms with Crippen LogP contribution >= 0.6 is 23.4 Å². The topological polar surface area (TPSA) is 100 Å². The van der Waals surface area contributed by atoms with Crippen LogP contribution in [0.25, 0.3) is 6.08 Å². The molecule has 0 amide bonds. The van der Waals surface area contributed by atoms with Gasteiger partial charge in [0.25, 0.3) is 0 Å². The van der Waals surface area contributed by atoms with Crippen molar-refractivity contribution < 1.29 is 18.9 Å². The van der Waals surface area contributed by atoms with Gasteiger partial charge in [0.2, 0.25) is 6.79 Å². The van der Waals surface area contributed by atoms with Crippen LogP contribution < -0.4 is 45.7 Å². The van der Waals surface area contributed by atoms with Gasteiger partial charge in [-0.3, -0.25) is 0 Å². The van der Waals surface area contributed by atoms with Crippen molar-refractivity contribution in [2.24, 2.45) is 0 Å². The fraction of sp³-hybridized carbons (Fsp3) is 0.298. The largest absolute Gasteiger partial charge is 0.489 e. The predicted molar refractivity (Wildman–Crippen MR) is 286 cm³/mol. The van der Waals surface area contributed by atoms with Gasteiger partial charge in [0.15, 0.2) is 11.5 Å². The maximum Gasteiger partial charge on any atom is 0.231 e. The molecule has 12 heteroatoms. The van der Waals surface area contributed by atoms with Gasteiger partial charge in [-0.2, -0.15) is 0 Å². The molecule has 0 aliphatic carbocycles. The molecule has 5 aromatic carbocycles. The molecule has 0 bridgehead atoms. The number of likely N-dealkylation sites (N-methyl/N-ethyl adjacent to an activating group) is 1. The average molecular weight is 968 g/mol. The van der Waals surface area contributed by atoms with Crippen LogP contribution in [-0.4, -0.2) is 39.4 Å². The van der Waals surface area contributed by atoms with E-state index in [1.807, 2.05) is 42.1 Å². The van der Waals surface area contributed by atoms with Crippen molar-refractivity contribution in [2.45, 2.75) is 76.9 Å². The number of nitrogens with one attached hydrogen (secondary N) is 5. The van der Waals surface area contributed by atoms with Crippen molar-refractivity contribution in [3.05, 3.63) is 202 Å². The van der Waals surface area contributed by atoms with Crippen molar-refractivity contribution in [3.8, 4) is 17.2 Å². The summed E-state index contributed by atoms with van der Waals surface area (Å²) >= 11 is 7.93. The number of fused-ring (bicyclic) bond motifs is 6. The zero-order chi connectivity index (χ0) is 48.4. The Morgan fingerprint density at radius 2 is 1.25 bits per heavy atom. The molecule has 10 nitrogen and oxygen atoms in total. The molecule has 0 saturated carbocycles. The average Bonchev–Trinajstić information content (AvgIpc) is 4.24. The van der Waals surface area contributed by atoms with Crippen molar-refractivity contribution in [3.63, 3.8) is 0 Å². The van der Waals surface area contributed by atoms with Crippen LogP contribution in [0.1, 0.15) is 66.8 Å². The van der Waals surface area contributed by atoms with Gasteiger partial charge >= 0.3 is 0 Å². The lowest BCUT2D eigenvalue weighted by atomic mass is 10.0. The smallest absolute Gasteiger partial charge is 0.231 e. The summed E-state index contributed by atoms with van der Waals surface area (Å²) in [5, 5.41) is 17.5. The minimum Gasteiger partial charge on any atom is -0.489 e. The van der Waals surface area contributed by atoms with Crippen LogP contribution in [0, 0.1) is 0 Å². The Morgan fingerprint density at radius 3 is 1.97 bits per heavy atom. The highest BCUT2D eigenvalue weighted by Crippen LogP contribution is 2.41. The van der Waals surface area contributed by atoms with E-state index < -0.39 is 0 Å². The van der Waals surface area contributed by atoms with E-state index in [1.54, 1.807) is 12.2 Å². The Bertz CT molecular complexity index is 2570. The third-order valence-electron chi connectivity index (χ3n) is 12.4. The van der Waals surface area contributed by atoms with Gasteiger partial charge in [0.1, 0.15) is 12.4 Å². The van der Waals surface area contributed by atoms with E-state index in [-0.39, 0.29) is 0 Å². The minimum atomic E-state index is 0.326. The SMILES string of the molecule is C=CCN(C)c1cccc2c1CNC2.C=CCOCc1cccc2c1CNC2.C=CCOc1ccc(Cl)c2c1CNC2.C=CCSc1cccc2c1CNC2.C=Cc1c2c(cc3c1OCO3)CNC2. The van der Waals surface area contributed by atoms with Crippen LogP contribution in [0.3, 0.4) is 0 Å². The number of benzene rings is 5. The molecule has 6 aliphatic rings. The second-order valence-electron chi connectivity index (χ2n) is 16.9. The quantitative estimate of drug-likeness (QED) is 0.0418. The minimum absolute atomic E-state index is 0.326. The molecular weight excluding hydrogens is 900 g/mol. The molecule has 0 saturated heterocycles. The Labute approximate surface area is 418 Å². The van der Waals surface area contributed by atoms with Crippen molar-refractivity contribution in [1.82, 2.24) is 26.6 Å². The Hall–Kier alpha value is -5.60. The predicted octanol–water partition coefficient (Wildman–Crippen LogP) is 10.6. The van der Waals surface area contributed by atoms with Crippen LogP contribution in [0.5, 0.6) is 17.2 Å². The zero-order valence-corrected chi connectivity index (χ0v) is 41.6. The molecule has 69 heavy (non-hydrogen) atoms. The van der Waals surface area contributed by atoms with Crippen molar-refractivity contribution >= 4 is 35.1 Å². The van der Waals surface area contributed by atoms with E-state index in [0.717, 1.165) is 111 Å². The third-order valence-corrected chi connectivity index (χ3v) is 13.8. The van der Waals surface area contributed by atoms with Gasteiger partial charge in [0, 0.05) is 112 Å². The van der Waals surface area contributed by atoms with Crippen molar-refractivity contribution in [1.29, 1.82) is 0 Å². The number of hydrogen-bond donors (Lipinski definition) is 5. The Balaban J connectivity index is 0.000000127. The van der Waals surface area contributed by atoms with E-state index >= 15 is 0 Å². The Kier molecular flexibility index (Phi) is 19.6. The number of rotatable bonds is 14. The lowest BCUT2D eigenvalue weighted by molar-refractivity contribution is 0.148. The molecule has 5 aromatic rings. The number of thioether (sulfide) groups is 1. The summed E-state index contributed by atoms with van der Waals surface area (Å²) < 4.78 is 21.8. The third kappa shape index (κ3) is 13.2. The Morgan fingerprint density at radius 1 is 0.623 bits per heavy atom. The highest BCUT2D eigenvalue weighted by molar-refractivity contribution is 7.99. The second-order valence-corrected chi connectivity index (χ2v) is 18.4. The van der Waals surface area contributed by atoms with Gasteiger partial charge < -0.3 is 50.4 Å². The standard InChI is InChI=1S/C12H16N2.C12H15NO.C11H12ClNO.C11H11NO2.C11H13NS/c1-3-7-14(2)12-6-4-5-10-8-13-9-11(10)12;1-2-6-14-9-11-5-3-4-10-7-13-8-12(10)11;1-2-5-14-11-4-3-10(12)8-6-13-7-9(8)11;1-2-8-9-5-12-4-7(9)3-10-11(8)14-6-13-10;1-2-6-13-11-5-3-4-9-7-12-8-10(9)11/h3-6,13H,1,7-9H2,2H3;2-5,13H,1,6-9H2;2-4,13H,1,5-7H2;2-3,12H,1,4-6H2;2-5,12H,1,6-8H2. The molecule has 362 valence electrons. The van der Waals surface area contributed by atoms with Crippen LogP contribution in [0.4, 0.5) is 5.69 Å². The summed E-state index contributed by atoms with van der Waals surface area (Å²) in [4.78, 5) is 3.64. The summed E-state index contributed by atoms with van der Waals surface area (Å²) in [5.41, 5.74) is 17.3. The summed E-state index contributed by atoms with van der Waals surface area (Å²) in [7, 11) is 2.11. The normalized spacial score (nSPS) is 14.5. The highest BCUT2D eigenvalue weighted by Gasteiger charge is 2.25. The summed E-state index contributed by atoms with van der Waals surface area (Å²) in [6.45, 7) is 31.1. The lowest BCUT2D eigenvalue weighted by Crippen LogP contribution is -2.18. The van der Waals surface area contributed by atoms with Gasteiger partial charge in [-0.1, -0.05) is 97.6 Å². The first-order chi connectivity index (χ1) is 33.9. The van der Waals surface area contributed by atoms with Crippen LogP contribution in [0.15, 0.2) is 135 Å². The molecule has 6 aliphatic heterocycles. The maximum absolute atomic E-state index is 6.06. The maximum atomic E-state index is 6.06. The van der Waals surface area contributed by atoms with Crippen LogP contribution in [-0.2, 0) is 76.8 Å². The monoisotopic (exact) mass is 966 g/mol. The molecule has 0 unspecified atom stereocenters. The molecule has 6 heterocycles. The van der Waals surface area contributed by atoms with Crippen LogP contribution in [0.2, 0.25) is 5.02 Å². The zero-order valence-electron chi connectivity index (χ0n) is 40.0. The van der Waals surface area contributed by atoms with Gasteiger partial charge in [0.05, 0.1) is 13.2 Å². The van der Waals surface area contributed by atoms with Crippen molar-refractivity contribution in [2.75, 3.05) is 44.3 Å². The number of nitrogens with zero attached hydrogens (tertiary/aromatic N) is 1. The highest BCUT2D eigenvalue weighted by atomic mass is 35.5. The van der Waals surface area contributed by atoms with Gasteiger partial charge in [-0.05, 0) is 86.0 Å². The summed E-state index contributed by atoms with van der Waals surface area (Å²) in [6, 6.07) is 25.3. The van der Waals surface area contributed by atoms with E-state index in [4.69, 9.17) is 30.5 Å². The summed E-state index contributed by atoms with van der Waals surface area (Å²) in [5.74, 6) is 3.61. The summed E-state index contributed by atoms with van der Waals surface area (Å²) in [6.07, 6.45) is 9.25. The molecule has 5 N–H and O–H groups in total. The molecule has 0 aromatic heterocycles.